The van der Waals surface area contributed by atoms with Crippen molar-refractivity contribution < 1.29 is 16.8 Å². The number of amidine groups is 1. The van der Waals surface area contributed by atoms with E-state index in [4.69, 9.17) is 16.6 Å². The van der Waals surface area contributed by atoms with E-state index in [0.717, 1.165) is 0 Å². The number of nitrogens with one attached hydrogen (secondary N) is 1. The number of hydrogen-bond acceptors (Lipinski definition) is 10. The molecule has 1 aromatic heterocycles. The number of aryl methyl sites for hydroxylation is 1. The highest BCUT2D eigenvalue weighted by Crippen LogP contribution is 2.37. The van der Waals surface area contributed by atoms with Crippen molar-refractivity contribution in [3.63, 3.8) is 0 Å². The van der Waals surface area contributed by atoms with Crippen LogP contribution < -0.4 is 21.3 Å². The number of sulfonamides is 2. The zero-order valence-electron chi connectivity index (χ0n) is 18.1. The maximum absolute atomic E-state index is 13.1. The monoisotopic (exact) mass is 505 g/mol. The van der Waals surface area contributed by atoms with Crippen LogP contribution in [0.15, 0.2) is 55.3 Å². The Balaban J connectivity index is 2.08. The molecule has 180 valence electrons. The summed E-state index contributed by atoms with van der Waals surface area (Å²) in [6, 6.07) is 7.91. The van der Waals surface area contributed by atoms with Crippen molar-refractivity contribution in [1.82, 2.24) is 14.3 Å². The fourth-order valence-corrected chi connectivity index (χ4v) is 6.37. The van der Waals surface area contributed by atoms with Gasteiger partial charge in [0.05, 0.1) is 16.6 Å². The van der Waals surface area contributed by atoms with Crippen molar-refractivity contribution in [1.29, 1.82) is 0 Å². The van der Waals surface area contributed by atoms with Gasteiger partial charge in [-0.3, -0.25) is 0 Å². The number of benzene rings is 2. The van der Waals surface area contributed by atoms with E-state index in [9.17, 15) is 16.8 Å². The molecule has 0 radical (unpaired) electrons. The topological polar surface area (TPSA) is 213 Å². The number of aliphatic imine (C=N–C) groups is 1. The van der Waals surface area contributed by atoms with Gasteiger partial charge in [-0.25, -0.2) is 36.7 Å². The maximum Gasteiger partial charge on any atom is 0.241 e. The molecule has 0 spiro atoms. The van der Waals surface area contributed by atoms with Crippen molar-refractivity contribution in [3.8, 4) is 11.1 Å². The average molecular weight is 506 g/mol. The van der Waals surface area contributed by atoms with Gasteiger partial charge in [-0.2, -0.15) is 5.11 Å². The van der Waals surface area contributed by atoms with Gasteiger partial charge in [-0.1, -0.05) is 18.2 Å². The average Bonchev–Trinajstić information content (AvgIpc) is 3.41. The summed E-state index contributed by atoms with van der Waals surface area (Å²) in [4.78, 5) is 7.38. The van der Waals surface area contributed by atoms with E-state index in [0.29, 0.717) is 28.6 Å². The number of nitrogen functional groups attached to an aromatic ring is 1. The largest absolute Gasteiger partial charge is 0.369 e. The maximum atomic E-state index is 13.1. The Bertz CT molecular complexity index is 1560. The summed E-state index contributed by atoms with van der Waals surface area (Å²) in [6.07, 6.45) is 0.360. The molecule has 4 rings (SSSR count). The van der Waals surface area contributed by atoms with E-state index in [1.54, 1.807) is 29.8 Å². The van der Waals surface area contributed by atoms with Crippen LogP contribution in [0.1, 0.15) is 12.0 Å². The smallest absolute Gasteiger partial charge is 0.241 e. The second kappa shape index (κ2) is 8.84. The first-order valence-electron chi connectivity index (χ1n) is 10.1. The standard InChI is InChI=1S/C19H23N9O4S2/c1-28-13-5-2-4-12(16(13)26-19(28)21)11-6-7-14(34(31,32)25-9-3-8-20)17(33(22,29)30)15(11)18-23-10-24-27-18/h2,4-7,25H,3,8-10,20H2,1H3,(H2,21,26)(H2,22,29,30). The lowest BCUT2D eigenvalue weighted by molar-refractivity contribution is 0.571. The van der Waals surface area contributed by atoms with Gasteiger partial charge in [0.25, 0.3) is 0 Å². The summed E-state index contributed by atoms with van der Waals surface area (Å²) in [6.45, 7) is 0.238. The zero-order chi connectivity index (χ0) is 24.7. The number of hydrogen-bond donors (Lipinski definition) is 4. The third-order valence-corrected chi connectivity index (χ3v) is 7.90. The van der Waals surface area contributed by atoms with Gasteiger partial charge in [0.2, 0.25) is 26.0 Å². The number of primary sulfonamides is 1. The molecule has 0 unspecified atom stereocenters. The molecule has 7 N–H and O–H groups in total. The SMILES string of the molecule is Cn1c(N)nc2c(-c3ccc(S(=O)(=O)NCCCN)c(S(N)(=O)=O)c3C3=NCN=N3)cccc21. The molecule has 0 amide bonds. The van der Waals surface area contributed by atoms with Crippen LogP contribution in [0, 0.1) is 0 Å². The van der Waals surface area contributed by atoms with Crippen molar-refractivity contribution in [2.75, 3.05) is 25.5 Å². The highest BCUT2D eigenvalue weighted by Gasteiger charge is 2.33. The Labute approximate surface area is 195 Å². The normalized spacial score (nSPS) is 14.1. The number of imidazole rings is 1. The molecule has 1 aliphatic rings. The van der Waals surface area contributed by atoms with Gasteiger partial charge >= 0.3 is 0 Å². The van der Waals surface area contributed by atoms with Gasteiger partial charge in [-0.05, 0) is 30.7 Å². The lowest BCUT2D eigenvalue weighted by atomic mass is 9.97. The minimum atomic E-state index is -4.58. The fraction of sp³-hybridized carbons (Fsp3) is 0.263. The molecule has 13 nitrogen and oxygen atoms in total. The highest BCUT2D eigenvalue weighted by molar-refractivity contribution is 7.92. The van der Waals surface area contributed by atoms with Gasteiger partial charge < -0.3 is 16.0 Å². The molecule has 0 fully saturated rings. The molecule has 0 bridgehead atoms. The number of anilines is 1. The third-order valence-electron chi connectivity index (χ3n) is 5.28. The van der Waals surface area contributed by atoms with Crippen LogP contribution in [-0.2, 0) is 27.1 Å². The van der Waals surface area contributed by atoms with Gasteiger partial charge in [0.15, 0.2) is 12.5 Å². The van der Waals surface area contributed by atoms with Crippen molar-refractivity contribution in [3.05, 3.63) is 35.9 Å². The Morgan fingerprint density at radius 2 is 1.88 bits per heavy atom. The number of nitrogens with zero attached hydrogens (tertiary/aromatic N) is 5. The zero-order valence-corrected chi connectivity index (χ0v) is 19.8. The van der Waals surface area contributed by atoms with E-state index >= 15 is 0 Å². The Morgan fingerprint density at radius 1 is 1.12 bits per heavy atom. The minimum absolute atomic E-state index is 0.0210. The van der Waals surface area contributed by atoms with Gasteiger partial charge in [0.1, 0.15) is 9.79 Å². The van der Waals surface area contributed by atoms with E-state index < -0.39 is 29.8 Å². The molecule has 3 aromatic rings. The van der Waals surface area contributed by atoms with Crippen molar-refractivity contribution >= 4 is 42.9 Å². The Kier molecular flexibility index (Phi) is 6.22. The summed E-state index contributed by atoms with van der Waals surface area (Å²) in [5, 5.41) is 13.3. The number of fused-ring (bicyclic) bond motifs is 1. The molecule has 2 heterocycles. The highest BCUT2D eigenvalue weighted by atomic mass is 32.2. The molecule has 34 heavy (non-hydrogen) atoms. The summed E-state index contributed by atoms with van der Waals surface area (Å²) in [5.41, 5.74) is 13.3. The molecular formula is C19H23N9O4S2. The van der Waals surface area contributed by atoms with Crippen LogP contribution >= 0.6 is 0 Å². The number of azo groups is 1. The van der Waals surface area contributed by atoms with Crippen LogP contribution in [0.4, 0.5) is 5.95 Å². The predicted molar refractivity (Wildman–Crippen MR) is 127 cm³/mol. The number of nitrogens with two attached hydrogens (primary N) is 3. The van der Waals surface area contributed by atoms with E-state index in [1.807, 2.05) is 0 Å². The first-order chi connectivity index (χ1) is 16.1. The van der Waals surface area contributed by atoms with E-state index in [-0.39, 0.29) is 37.1 Å². The first-order valence-corrected chi connectivity index (χ1v) is 13.1. The molecule has 0 aliphatic carbocycles. The molecular weight excluding hydrogens is 482 g/mol. The lowest BCUT2D eigenvalue weighted by Gasteiger charge is -2.17. The number of para-hydroxylation sites is 1. The van der Waals surface area contributed by atoms with Gasteiger partial charge in [-0.15, -0.1) is 5.11 Å². The molecule has 2 aromatic carbocycles. The summed E-state index contributed by atoms with van der Waals surface area (Å²) < 4.78 is 55.8. The predicted octanol–water partition coefficient (Wildman–Crippen LogP) is 0.267. The fourth-order valence-electron chi connectivity index (χ4n) is 3.70. The minimum Gasteiger partial charge on any atom is -0.369 e. The quantitative estimate of drug-likeness (QED) is 0.313. The van der Waals surface area contributed by atoms with Crippen LogP contribution in [0.5, 0.6) is 0 Å². The third kappa shape index (κ3) is 4.19. The Morgan fingerprint density at radius 3 is 2.53 bits per heavy atom. The van der Waals surface area contributed by atoms with E-state index in [1.165, 1.54) is 12.1 Å². The Hall–Kier alpha value is -3.24. The van der Waals surface area contributed by atoms with Crippen LogP contribution in [0.3, 0.4) is 0 Å². The first kappa shape index (κ1) is 23.9. The second-order valence-electron chi connectivity index (χ2n) is 7.47. The number of rotatable bonds is 8. The van der Waals surface area contributed by atoms with Crippen LogP contribution in [-0.4, -0.2) is 52.0 Å². The molecule has 0 saturated carbocycles. The van der Waals surface area contributed by atoms with Crippen LogP contribution in [0.25, 0.3) is 22.2 Å². The summed E-state index contributed by atoms with van der Waals surface area (Å²) >= 11 is 0. The molecule has 1 aliphatic heterocycles. The van der Waals surface area contributed by atoms with Crippen molar-refractivity contribution in [2.24, 2.45) is 33.1 Å². The van der Waals surface area contributed by atoms with E-state index in [2.05, 4.69) is 24.9 Å². The second-order valence-corrected chi connectivity index (χ2v) is 10.7. The van der Waals surface area contributed by atoms with Crippen LogP contribution in [0.2, 0.25) is 0 Å². The molecule has 0 saturated heterocycles. The summed E-state index contributed by atoms with van der Waals surface area (Å²) in [5.74, 6) is 0.191. The lowest BCUT2D eigenvalue weighted by Crippen LogP contribution is -2.29. The van der Waals surface area contributed by atoms with Gasteiger partial charge in [0, 0.05) is 19.2 Å². The summed E-state index contributed by atoms with van der Waals surface area (Å²) in [7, 11) is -7.11. The molecule has 0 atom stereocenters. The van der Waals surface area contributed by atoms with Crippen molar-refractivity contribution in [2.45, 2.75) is 16.2 Å². The number of aromatic nitrogens is 2. The molecule has 15 heteroatoms.